The van der Waals surface area contributed by atoms with Crippen LogP contribution >= 0.6 is 0 Å². The number of hydrogen-bond acceptors (Lipinski definition) is 2. The Labute approximate surface area is 104 Å². The molecule has 1 atom stereocenters. The molecule has 2 rings (SSSR count). The third-order valence-corrected chi connectivity index (χ3v) is 3.51. The molecule has 2 nitrogen and oxygen atoms in total. The van der Waals surface area contributed by atoms with Crippen molar-refractivity contribution in [1.29, 1.82) is 0 Å². The molecule has 1 unspecified atom stereocenters. The molecule has 1 aromatic carbocycles. The molecule has 1 N–H and O–H groups in total. The van der Waals surface area contributed by atoms with Gasteiger partial charge in [-0.2, -0.15) is 0 Å². The Morgan fingerprint density at radius 2 is 2.24 bits per heavy atom. The molecule has 1 aromatic rings. The van der Waals surface area contributed by atoms with E-state index >= 15 is 0 Å². The van der Waals surface area contributed by atoms with Crippen LogP contribution in [0.5, 0.6) is 5.75 Å². The zero-order valence-corrected chi connectivity index (χ0v) is 10.9. The van der Waals surface area contributed by atoms with Crippen molar-refractivity contribution in [3.05, 3.63) is 29.8 Å². The molecule has 0 radical (unpaired) electrons. The smallest absolute Gasteiger partial charge is 0.119 e. The average molecular weight is 233 g/mol. The maximum absolute atomic E-state index is 5.26. The Hall–Kier alpha value is -1.02. The van der Waals surface area contributed by atoms with Gasteiger partial charge in [0.05, 0.1) is 7.11 Å². The van der Waals surface area contributed by atoms with Crippen molar-refractivity contribution in [2.45, 2.75) is 38.6 Å². The summed E-state index contributed by atoms with van der Waals surface area (Å²) in [6.07, 6.45) is 5.12. The molecule has 1 fully saturated rings. The van der Waals surface area contributed by atoms with Crippen LogP contribution in [0, 0.1) is 5.92 Å². The lowest BCUT2D eigenvalue weighted by molar-refractivity contribution is 0.412. The van der Waals surface area contributed by atoms with Gasteiger partial charge in [-0.05, 0) is 49.4 Å². The number of nitrogens with one attached hydrogen (secondary N) is 1. The summed E-state index contributed by atoms with van der Waals surface area (Å²) in [6, 6.07) is 9.25. The van der Waals surface area contributed by atoms with Gasteiger partial charge >= 0.3 is 0 Å². The summed E-state index contributed by atoms with van der Waals surface area (Å²) in [4.78, 5) is 0. The molecule has 0 aromatic heterocycles. The summed E-state index contributed by atoms with van der Waals surface area (Å²) >= 11 is 0. The third-order valence-electron chi connectivity index (χ3n) is 3.51. The highest BCUT2D eigenvalue weighted by Crippen LogP contribution is 2.21. The van der Waals surface area contributed by atoms with E-state index in [0.717, 1.165) is 30.7 Å². The maximum Gasteiger partial charge on any atom is 0.119 e. The van der Waals surface area contributed by atoms with Crippen LogP contribution in [0.15, 0.2) is 24.3 Å². The minimum absolute atomic E-state index is 0.739. The Kier molecular flexibility index (Phi) is 4.43. The van der Waals surface area contributed by atoms with E-state index in [1.54, 1.807) is 7.11 Å². The first-order chi connectivity index (χ1) is 8.31. The third kappa shape index (κ3) is 4.04. The van der Waals surface area contributed by atoms with Crippen molar-refractivity contribution in [3.63, 3.8) is 0 Å². The van der Waals surface area contributed by atoms with Crippen molar-refractivity contribution in [3.8, 4) is 5.75 Å². The highest BCUT2D eigenvalue weighted by atomic mass is 16.5. The van der Waals surface area contributed by atoms with Crippen molar-refractivity contribution in [1.82, 2.24) is 5.32 Å². The van der Waals surface area contributed by atoms with Crippen LogP contribution in [0.2, 0.25) is 0 Å². The van der Waals surface area contributed by atoms with Crippen LogP contribution < -0.4 is 10.1 Å². The van der Waals surface area contributed by atoms with Crippen molar-refractivity contribution >= 4 is 0 Å². The number of hydrogen-bond donors (Lipinski definition) is 1. The van der Waals surface area contributed by atoms with Gasteiger partial charge in [-0.3, -0.25) is 0 Å². The number of methoxy groups -OCH3 is 1. The second-order valence-corrected chi connectivity index (χ2v) is 5.01. The molecule has 17 heavy (non-hydrogen) atoms. The standard InChI is InChI=1S/C15H23NO/c1-3-12(11-16-14-7-8-14)9-13-5-4-6-15(10-13)17-2/h4-6,10,12,14,16H,3,7-9,11H2,1-2H3. The van der Waals surface area contributed by atoms with Crippen molar-refractivity contribution < 1.29 is 4.74 Å². The second-order valence-electron chi connectivity index (χ2n) is 5.01. The zero-order chi connectivity index (χ0) is 12.1. The SMILES string of the molecule is CCC(CNC1CC1)Cc1cccc(OC)c1. The van der Waals surface area contributed by atoms with Crippen LogP contribution in [-0.2, 0) is 6.42 Å². The van der Waals surface area contributed by atoms with E-state index in [4.69, 9.17) is 4.74 Å². The largest absolute Gasteiger partial charge is 0.497 e. The molecular weight excluding hydrogens is 210 g/mol. The van der Waals surface area contributed by atoms with Gasteiger partial charge in [0.15, 0.2) is 0 Å². The van der Waals surface area contributed by atoms with Crippen molar-refractivity contribution in [2.75, 3.05) is 13.7 Å². The van der Waals surface area contributed by atoms with Gasteiger partial charge in [0.25, 0.3) is 0 Å². The molecule has 94 valence electrons. The molecule has 0 amide bonds. The molecule has 0 bridgehead atoms. The quantitative estimate of drug-likeness (QED) is 0.781. The molecule has 0 heterocycles. The maximum atomic E-state index is 5.26. The molecule has 0 spiro atoms. The lowest BCUT2D eigenvalue weighted by atomic mass is 9.96. The van der Waals surface area contributed by atoms with E-state index in [0.29, 0.717) is 0 Å². The van der Waals surface area contributed by atoms with E-state index in [1.807, 2.05) is 6.07 Å². The van der Waals surface area contributed by atoms with E-state index in [2.05, 4.69) is 30.4 Å². The van der Waals surface area contributed by atoms with Gasteiger partial charge in [-0.25, -0.2) is 0 Å². The van der Waals surface area contributed by atoms with Gasteiger partial charge in [0.2, 0.25) is 0 Å². The number of rotatable bonds is 7. The fraction of sp³-hybridized carbons (Fsp3) is 0.600. The zero-order valence-electron chi connectivity index (χ0n) is 10.9. The molecule has 1 saturated carbocycles. The molecule has 1 aliphatic carbocycles. The minimum Gasteiger partial charge on any atom is -0.497 e. The summed E-state index contributed by atoms with van der Waals surface area (Å²) in [5.74, 6) is 1.70. The molecule has 1 aliphatic rings. The highest BCUT2D eigenvalue weighted by molar-refractivity contribution is 5.28. The van der Waals surface area contributed by atoms with Crippen LogP contribution in [0.3, 0.4) is 0 Å². The molecule has 0 saturated heterocycles. The molecular formula is C15H23NO. The summed E-state index contributed by atoms with van der Waals surface area (Å²) in [6.45, 7) is 3.43. The molecule has 0 aliphatic heterocycles. The number of benzene rings is 1. The van der Waals surface area contributed by atoms with Crippen molar-refractivity contribution in [2.24, 2.45) is 5.92 Å². The van der Waals surface area contributed by atoms with Crippen LogP contribution in [-0.4, -0.2) is 19.7 Å². The van der Waals surface area contributed by atoms with Gasteiger partial charge in [-0.15, -0.1) is 0 Å². The lowest BCUT2D eigenvalue weighted by Crippen LogP contribution is -2.25. The predicted molar refractivity (Wildman–Crippen MR) is 71.5 cm³/mol. The Balaban J connectivity index is 1.86. The monoisotopic (exact) mass is 233 g/mol. The summed E-state index contributed by atoms with van der Waals surface area (Å²) in [5, 5.41) is 3.63. The Morgan fingerprint density at radius 1 is 1.41 bits per heavy atom. The topological polar surface area (TPSA) is 21.3 Å². The van der Waals surface area contributed by atoms with Crippen LogP contribution in [0.4, 0.5) is 0 Å². The minimum atomic E-state index is 0.739. The summed E-state index contributed by atoms with van der Waals surface area (Å²) < 4.78 is 5.26. The van der Waals surface area contributed by atoms with Gasteiger partial charge in [0.1, 0.15) is 5.75 Å². The normalized spacial score (nSPS) is 16.8. The number of ether oxygens (including phenoxy) is 1. The molecule has 2 heteroatoms. The fourth-order valence-electron chi connectivity index (χ4n) is 2.11. The first-order valence-electron chi connectivity index (χ1n) is 6.68. The van der Waals surface area contributed by atoms with E-state index in [1.165, 1.54) is 24.8 Å². The van der Waals surface area contributed by atoms with Gasteiger partial charge in [-0.1, -0.05) is 25.5 Å². The Bertz CT molecular complexity index is 347. The summed E-state index contributed by atoms with van der Waals surface area (Å²) in [5.41, 5.74) is 1.38. The van der Waals surface area contributed by atoms with Crippen LogP contribution in [0.25, 0.3) is 0 Å². The average Bonchev–Trinajstić information content (AvgIpc) is 3.18. The van der Waals surface area contributed by atoms with E-state index < -0.39 is 0 Å². The lowest BCUT2D eigenvalue weighted by Gasteiger charge is -2.16. The first-order valence-corrected chi connectivity index (χ1v) is 6.68. The van der Waals surface area contributed by atoms with E-state index in [9.17, 15) is 0 Å². The van der Waals surface area contributed by atoms with E-state index in [-0.39, 0.29) is 0 Å². The van der Waals surface area contributed by atoms with Crippen LogP contribution in [0.1, 0.15) is 31.7 Å². The summed E-state index contributed by atoms with van der Waals surface area (Å²) in [7, 11) is 1.73. The first kappa shape index (κ1) is 12.4. The van der Waals surface area contributed by atoms with Gasteiger partial charge in [0, 0.05) is 6.04 Å². The van der Waals surface area contributed by atoms with Gasteiger partial charge < -0.3 is 10.1 Å². The Morgan fingerprint density at radius 3 is 2.88 bits per heavy atom. The second kappa shape index (κ2) is 6.06. The fourth-order valence-corrected chi connectivity index (χ4v) is 2.11. The predicted octanol–water partition coefficient (Wildman–Crippen LogP) is 3.02. The highest BCUT2D eigenvalue weighted by Gasteiger charge is 2.21.